The number of carbonyl (C=O) groups excluding carboxylic acids is 1. The largest absolute Gasteiger partial charge is 0.325 e. The fraction of sp³-hybridized carbons (Fsp3) is 0.250. The van der Waals surface area contributed by atoms with Gasteiger partial charge < -0.3 is 10.6 Å². The molecule has 0 aliphatic rings. The van der Waals surface area contributed by atoms with Crippen LogP contribution in [0.4, 0.5) is 5.69 Å². The SMILES string of the molecule is CNCC(=O)Nc1ccc2sc(C)cc2c1. The third-order valence-electron chi connectivity index (χ3n) is 2.26. The molecule has 0 unspecified atom stereocenters. The molecule has 0 saturated carbocycles. The average molecular weight is 234 g/mol. The fourth-order valence-corrected chi connectivity index (χ4v) is 2.52. The Kier molecular flexibility index (Phi) is 3.22. The molecule has 0 atom stereocenters. The summed E-state index contributed by atoms with van der Waals surface area (Å²) in [6.45, 7) is 2.42. The minimum absolute atomic E-state index is 0.0196. The van der Waals surface area contributed by atoms with Crippen molar-refractivity contribution in [3.63, 3.8) is 0 Å². The summed E-state index contributed by atoms with van der Waals surface area (Å²) < 4.78 is 1.25. The molecule has 3 nitrogen and oxygen atoms in total. The number of fused-ring (bicyclic) bond motifs is 1. The second-order valence-corrected chi connectivity index (χ2v) is 4.98. The Labute approximate surface area is 98.5 Å². The van der Waals surface area contributed by atoms with E-state index in [1.54, 1.807) is 18.4 Å². The molecule has 0 aliphatic heterocycles. The lowest BCUT2D eigenvalue weighted by Crippen LogP contribution is -2.24. The summed E-state index contributed by atoms with van der Waals surface area (Å²) in [6.07, 6.45) is 0. The van der Waals surface area contributed by atoms with Crippen molar-refractivity contribution < 1.29 is 4.79 Å². The molecule has 1 heterocycles. The Bertz CT molecular complexity index is 519. The molecule has 4 heteroatoms. The molecule has 0 aliphatic carbocycles. The number of anilines is 1. The van der Waals surface area contributed by atoms with Crippen molar-refractivity contribution >= 4 is 33.0 Å². The Morgan fingerprint density at radius 3 is 2.94 bits per heavy atom. The summed E-state index contributed by atoms with van der Waals surface area (Å²) in [7, 11) is 1.75. The maximum Gasteiger partial charge on any atom is 0.238 e. The minimum Gasteiger partial charge on any atom is -0.325 e. The van der Waals surface area contributed by atoms with Crippen LogP contribution >= 0.6 is 11.3 Å². The van der Waals surface area contributed by atoms with Crippen molar-refractivity contribution in [3.8, 4) is 0 Å². The van der Waals surface area contributed by atoms with Gasteiger partial charge in [0.05, 0.1) is 6.54 Å². The zero-order valence-corrected chi connectivity index (χ0v) is 10.1. The van der Waals surface area contributed by atoms with Crippen molar-refractivity contribution in [2.75, 3.05) is 18.9 Å². The third-order valence-corrected chi connectivity index (χ3v) is 3.29. The van der Waals surface area contributed by atoms with Crippen LogP contribution in [0.1, 0.15) is 4.88 Å². The monoisotopic (exact) mass is 234 g/mol. The van der Waals surface area contributed by atoms with Crippen molar-refractivity contribution in [2.45, 2.75) is 6.92 Å². The fourth-order valence-electron chi connectivity index (χ4n) is 1.62. The van der Waals surface area contributed by atoms with Gasteiger partial charge in [0.15, 0.2) is 0 Å². The van der Waals surface area contributed by atoms with Crippen LogP contribution in [0.5, 0.6) is 0 Å². The number of amides is 1. The van der Waals surface area contributed by atoms with Gasteiger partial charge in [-0.15, -0.1) is 11.3 Å². The first-order valence-corrected chi connectivity index (χ1v) is 5.95. The lowest BCUT2D eigenvalue weighted by molar-refractivity contribution is -0.115. The molecule has 2 aromatic rings. The number of carbonyl (C=O) groups is 1. The summed E-state index contributed by atoms with van der Waals surface area (Å²) >= 11 is 1.76. The molecule has 1 amide bonds. The van der Waals surface area contributed by atoms with Crippen molar-refractivity contribution in [1.29, 1.82) is 0 Å². The van der Waals surface area contributed by atoms with Gasteiger partial charge in [-0.3, -0.25) is 4.79 Å². The number of thiophene rings is 1. The molecular formula is C12H14N2OS. The number of aryl methyl sites for hydroxylation is 1. The maximum absolute atomic E-state index is 11.4. The van der Waals surface area contributed by atoms with E-state index in [1.807, 2.05) is 18.2 Å². The van der Waals surface area contributed by atoms with Crippen LogP contribution in [0.2, 0.25) is 0 Å². The highest BCUT2D eigenvalue weighted by molar-refractivity contribution is 7.19. The third kappa shape index (κ3) is 2.40. The smallest absolute Gasteiger partial charge is 0.238 e. The molecule has 2 N–H and O–H groups in total. The van der Waals surface area contributed by atoms with E-state index in [0.717, 1.165) is 5.69 Å². The van der Waals surface area contributed by atoms with Gasteiger partial charge in [0, 0.05) is 15.3 Å². The molecule has 84 valence electrons. The first-order valence-electron chi connectivity index (χ1n) is 5.13. The topological polar surface area (TPSA) is 41.1 Å². The van der Waals surface area contributed by atoms with E-state index in [0.29, 0.717) is 6.54 Å². The van der Waals surface area contributed by atoms with Gasteiger partial charge in [-0.05, 0) is 43.6 Å². The van der Waals surface area contributed by atoms with Crippen LogP contribution in [0.3, 0.4) is 0 Å². The molecule has 2 rings (SSSR count). The number of nitrogens with one attached hydrogen (secondary N) is 2. The van der Waals surface area contributed by atoms with Crippen molar-refractivity contribution in [3.05, 3.63) is 29.1 Å². The summed E-state index contributed by atoms with van der Waals surface area (Å²) in [6, 6.07) is 8.12. The van der Waals surface area contributed by atoms with E-state index in [2.05, 4.69) is 23.6 Å². The first kappa shape index (κ1) is 11.1. The summed E-state index contributed by atoms with van der Waals surface area (Å²) in [5.41, 5.74) is 0.852. The zero-order valence-electron chi connectivity index (χ0n) is 9.33. The second-order valence-electron chi connectivity index (χ2n) is 3.69. The van der Waals surface area contributed by atoms with E-state index >= 15 is 0 Å². The lowest BCUT2D eigenvalue weighted by Gasteiger charge is -2.04. The van der Waals surface area contributed by atoms with Gasteiger partial charge >= 0.3 is 0 Å². The van der Waals surface area contributed by atoms with Crippen molar-refractivity contribution in [2.24, 2.45) is 0 Å². The normalized spacial score (nSPS) is 10.6. The number of hydrogen-bond acceptors (Lipinski definition) is 3. The van der Waals surface area contributed by atoms with Gasteiger partial charge in [0.1, 0.15) is 0 Å². The molecule has 1 aromatic heterocycles. The second kappa shape index (κ2) is 4.63. The molecule has 0 radical (unpaired) electrons. The van der Waals surface area contributed by atoms with Crippen LogP contribution < -0.4 is 10.6 Å². The molecule has 16 heavy (non-hydrogen) atoms. The predicted molar refractivity (Wildman–Crippen MR) is 69.1 cm³/mol. The molecular weight excluding hydrogens is 220 g/mol. The van der Waals surface area contributed by atoms with Gasteiger partial charge in [-0.2, -0.15) is 0 Å². The highest BCUT2D eigenvalue weighted by atomic mass is 32.1. The summed E-state index contributed by atoms with van der Waals surface area (Å²) in [4.78, 5) is 12.7. The summed E-state index contributed by atoms with van der Waals surface area (Å²) in [5.74, 6) is -0.0196. The van der Waals surface area contributed by atoms with E-state index in [1.165, 1.54) is 15.0 Å². The van der Waals surface area contributed by atoms with E-state index in [9.17, 15) is 4.79 Å². The summed E-state index contributed by atoms with van der Waals surface area (Å²) in [5, 5.41) is 6.85. The van der Waals surface area contributed by atoms with Crippen LogP contribution in [0.25, 0.3) is 10.1 Å². The average Bonchev–Trinajstić information content (AvgIpc) is 2.57. The number of benzene rings is 1. The molecule has 1 aromatic carbocycles. The molecule has 0 bridgehead atoms. The van der Waals surface area contributed by atoms with E-state index in [4.69, 9.17) is 0 Å². The minimum atomic E-state index is -0.0196. The van der Waals surface area contributed by atoms with Gasteiger partial charge in [0.25, 0.3) is 0 Å². The first-order chi connectivity index (χ1) is 7.69. The highest BCUT2D eigenvalue weighted by Gasteiger charge is 2.03. The Morgan fingerprint density at radius 2 is 2.19 bits per heavy atom. The van der Waals surface area contributed by atoms with Crippen LogP contribution in [-0.4, -0.2) is 19.5 Å². The molecule has 0 fully saturated rings. The van der Waals surface area contributed by atoms with Crippen LogP contribution in [0, 0.1) is 6.92 Å². The highest BCUT2D eigenvalue weighted by Crippen LogP contribution is 2.27. The Morgan fingerprint density at radius 1 is 1.38 bits per heavy atom. The number of hydrogen-bond donors (Lipinski definition) is 2. The molecule has 0 spiro atoms. The van der Waals surface area contributed by atoms with Crippen molar-refractivity contribution in [1.82, 2.24) is 5.32 Å². The predicted octanol–water partition coefficient (Wildman–Crippen LogP) is 2.37. The van der Waals surface area contributed by atoms with Gasteiger partial charge in [-0.1, -0.05) is 0 Å². The lowest BCUT2D eigenvalue weighted by atomic mass is 10.2. The van der Waals surface area contributed by atoms with Gasteiger partial charge in [0.2, 0.25) is 5.91 Å². The zero-order chi connectivity index (χ0) is 11.5. The van der Waals surface area contributed by atoms with Gasteiger partial charge in [-0.25, -0.2) is 0 Å². The van der Waals surface area contributed by atoms with E-state index < -0.39 is 0 Å². The Hall–Kier alpha value is -1.39. The van der Waals surface area contributed by atoms with Crippen LogP contribution in [-0.2, 0) is 4.79 Å². The van der Waals surface area contributed by atoms with Crippen LogP contribution in [0.15, 0.2) is 24.3 Å². The maximum atomic E-state index is 11.4. The standard InChI is InChI=1S/C12H14N2OS/c1-8-5-9-6-10(3-4-11(9)16-8)14-12(15)7-13-2/h3-6,13H,7H2,1-2H3,(H,14,15). The van der Waals surface area contributed by atoms with E-state index in [-0.39, 0.29) is 5.91 Å². The Balaban J connectivity index is 2.22. The number of rotatable bonds is 3. The molecule has 0 saturated heterocycles. The number of likely N-dealkylation sites (N-methyl/N-ethyl adjacent to an activating group) is 1. The quantitative estimate of drug-likeness (QED) is 0.856.